The summed E-state index contributed by atoms with van der Waals surface area (Å²) in [6.45, 7) is 3.61. The maximum atomic E-state index is 13.4. The van der Waals surface area contributed by atoms with E-state index in [4.69, 9.17) is 4.74 Å². The monoisotopic (exact) mass is 558 g/mol. The Hall–Kier alpha value is -3.01. The minimum atomic E-state index is -3.93. The fourth-order valence-corrected chi connectivity index (χ4v) is 4.97. The lowest BCUT2D eigenvalue weighted by molar-refractivity contribution is -0.142. The Labute approximate surface area is 214 Å². The molecule has 0 bridgehead atoms. The van der Waals surface area contributed by atoms with Crippen molar-refractivity contribution in [3.63, 3.8) is 0 Å². The molecule has 35 heavy (non-hydrogen) atoms. The predicted octanol–water partition coefficient (Wildman–Crippen LogP) is 4.69. The molecule has 0 fully saturated rings. The molecule has 0 saturated heterocycles. The highest BCUT2D eigenvalue weighted by molar-refractivity contribution is 9.10. The summed E-state index contributed by atoms with van der Waals surface area (Å²) in [5.74, 6) is -0.801. The van der Waals surface area contributed by atoms with Crippen LogP contribution in [0.15, 0.2) is 82.2 Å². The number of aryl methyl sites for hydroxylation is 1. The largest absolute Gasteiger partial charge is 0.466 e. The van der Waals surface area contributed by atoms with E-state index in [-0.39, 0.29) is 30.4 Å². The van der Waals surface area contributed by atoms with Crippen molar-refractivity contribution >= 4 is 43.5 Å². The van der Waals surface area contributed by atoms with Crippen LogP contribution in [-0.4, -0.2) is 37.8 Å². The number of nitrogens with one attached hydrogen (secondary N) is 1. The lowest BCUT2D eigenvalue weighted by Crippen LogP contribution is -2.37. The van der Waals surface area contributed by atoms with Crippen LogP contribution in [0.5, 0.6) is 0 Å². The number of ether oxygens (including phenoxy) is 1. The summed E-state index contributed by atoms with van der Waals surface area (Å²) in [4.78, 5) is 24.6. The highest BCUT2D eigenvalue weighted by atomic mass is 79.9. The molecule has 3 aromatic rings. The van der Waals surface area contributed by atoms with E-state index >= 15 is 0 Å². The van der Waals surface area contributed by atoms with Gasteiger partial charge < -0.3 is 10.1 Å². The van der Waals surface area contributed by atoms with E-state index < -0.39 is 15.9 Å². The number of carbonyl (C=O) groups excluding carboxylic acids is 2. The van der Waals surface area contributed by atoms with Gasteiger partial charge in [0.05, 0.1) is 24.5 Å². The molecular weight excluding hydrogens is 532 g/mol. The van der Waals surface area contributed by atoms with Crippen LogP contribution in [0.3, 0.4) is 0 Å². The Morgan fingerprint density at radius 2 is 1.51 bits per heavy atom. The van der Waals surface area contributed by atoms with Crippen LogP contribution in [0.2, 0.25) is 0 Å². The Bertz CT molecular complexity index is 1260. The third-order valence-electron chi connectivity index (χ3n) is 5.14. The molecule has 0 atom stereocenters. The minimum Gasteiger partial charge on any atom is -0.466 e. The maximum Gasteiger partial charge on any atom is 0.310 e. The molecule has 0 saturated carbocycles. The first-order valence-corrected chi connectivity index (χ1v) is 13.3. The van der Waals surface area contributed by atoms with Crippen molar-refractivity contribution in [3.8, 4) is 0 Å². The second-order valence-corrected chi connectivity index (χ2v) is 10.8. The molecule has 0 unspecified atom stereocenters. The van der Waals surface area contributed by atoms with Gasteiger partial charge >= 0.3 is 5.97 Å². The molecule has 3 aromatic carbocycles. The van der Waals surface area contributed by atoms with E-state index in [1.54, 1.807) is 55.5 Å². The highest BCUT2D eigenvalue weighted by Crippen LogP contribution is 2.21. The van der Waals surface area contributed by atoms with Crippen molar-refractivity contribution < 1.29 is 22.7 Å². The first-order chi connectivity index (χ1) is 16.7. The van der Waals surface area contributed by atoms with E-state index in [1.165, 1.54) is 0 Å². The lowest BCUT2D eigenvalue weighted by Gasteiger charge is -2.22. The van der Waals surface area contributed by atoms with Gasteiger partial charge in [0, 0.05) is 16.7 Å². The number of nitrogens with zero attached hydrogens (tertiary/aromatic N) is 1. The molecule has 9 heteroatoms. The van der Waals surface area contributed by atoms with Crippen molar-refractivity contribution in [2.24, 2.45) is 0 Å². The fourth-order valence-electron chi connectivity index (χ4n) is 3.32. The van der Waals surface area contributed by atoms with Gasteiger partial charge in [-0.25, -0.2) is 8.42 Å². The summed E-state index contributed by atoms with van der Waals surface area (Å²) in [5.41, 5.74) is 2.94. The average Bonchev–Trinajstić information content (AvgIpc) is 2.82. The Kier molecular flexibility index (Phi) is 9.20. The van der Waals surface area contributed by atoms with E-state index in [2.05, 4.69) is 21.2 Å². The summed E-state index contributed by atoms with van der Waals surface area (Å²) in [7, 11) is -3.93. The van der Waals surface area contributed by atoms with Gasteiger partial charge in [-0.3, -0.25) is 9.59 Å². The average molecular weight is 559 g/mol. The number of benzene rings is 3. The molecule has 0 radical (unpaired) electrons. The number of rotatable bonds is 10. The number of sulfonamides is 1. The zero-order chi connectivity index (χ0) is 25.4. The molecule has 7 nitrogen and oxygen atoms in total. The van der Waals surface area contributed by atoms with Crippen molar-refractivity contribution in [1.82, 2.24) is 4.31 Å². The normalized spacial score (nSPS) is 11.3. The summed E-state index contributed by atoms with van der Waals surface area (Å²) in [6, 6.07) is 20.6. The van der Waals surface area contributed by atoms with Gasteiger partial charge in [0.25, 0.3) is 0 Å². The third-order valence-corrected chi connectivity index (χ3v) is 7.48. The van der Waals surface area contributed by atoms with Gasteiger partial charge in [0.15, 0.2) is 0 Å². The highest BCUT2D eigenvalue weighted by Gasteiger charge is 2.27. The Morgan fingerprint density at radius 1 is 0.914 bits per heavy atom. The Morgan fingerprint density at radius 3 is 2.11 bits per heavy atom. The summed E-state index contributed by atoms with van der Waals surface area (Å²) < 4.78 is 33.8. The molecule has 0 heterocycles. The zero-order valence-electron chi connectivity index (χ0n) is 19.5. The second-order valence-electron chi connectivity index (χ2n) is 7.94. The van der Waals surface area contributed by atoms with E-state index in [0.29, 0.717) is 12.3 Å². The number of halogens is 1. The van der Waals surface area contributed by atoms with Crippen LogP contribution in [0.4, 0.5) is 5.69 Å². The molecule has 0 spiro atoms. The molecule has 0 aliphatic carbocycles. The molecule has 0 aliphatic heterocycles. The van der Waals surface area contributed by atoms with Crippen LogP contribution in [0.1, 0.15) is 23.6 Å². The van der Waals surface area contributed by atoms with E-state index in [0.717, 1.165) is 25.5 Å². The van der Waals surface area contributed by atoms with Crippen molar-refractivity contribution in [2.45, 2.75) is 31.7 Å². The van der Waals surface area contributed by atoms with Gasteiger partial charge in [0.2, 0.25) is 15.9 Å². The lowest BCUT2D eigenvalue weighted by atomic mass is 10.1. The van der Waals surface area contributed by atoms with Crippen molar-refractivity contribution in [1.29, 1.82) is 0 Å². The van der Waals surface area contributed by atoms with Crippen molar-refractivity contribution in [3.05, 3.63) is 94.0 Å². The van der Waals surface area contributed by atoms with E-state index in [9.17, 15) is 18.0 Å². The zero-order valence-corrected chi connectivity index (χ0v) is 21.9. The fraction of sp³-hybridized carbons (Fsp3) is 0.231. The quantitative estimate of drug-likeness (QED) is 0.364. The first-order valence-electron chi connectivity index (χ1n) is 11.0. The number of hydrogen-bond donors (Lipinski definition) is 1. The minimum absolute atomic E-state index is 0.0371. The topological polar surface area (TPSA) is 92.8 Å². The summed E-state index contributed by atoms with van der Waals surface area (Å²) >= 11 is 3.38. The SMILES string of the molecule is CCOC(=O)Cc1ccc(NC(=O)CN(Cc2ccc(Br)cc2)S(=O)(=O)c2ccc(C)cc2)cc1. The maximum absolute atomic E-state index is 13.4. The number of amides is 1. The van der Waals surface area contributed by atoms with Gasteiger partial charge in [-0.2, -0.15) is 4.31 Å². The third kappa shape index (κ3) is 7.74. The molecule has 184 valence electrons. The summed E-state index contributed by atoms with van der Waals surface area (Å²) in [5, 5.41) is 2.74. The molecule has 3 rings (SSSR count). The van der Waals surface area contributed by atoms with E-state index in [1.807, 2.05) is 31.2 Å². The standard InChI is InChI=1S/C26H27BrN2O5S/c1-3-34-26(31)16-20-8-12-23(13-9-20)28-25(30)18-29(17-21-6-10-22(27)11-7-21)35(32,33)24-14-4-19(2)5-15-24/h4-15H,3,16-18H2,1-2H3,(H,28,30). The number of esters is 1. The molecule has 1 amide bonds. The molecular formula is C26H27BrN2O5S. The Balaban J connectivity index is 1.76. The van der Waals surface area contributed by atoms with Gasteiger partial charge in [-0.15, -0.1) is 0 Å². The van der Waals surface area contributed by atoms with Crippen LogP contribution in [-0.2, 0) is 37.3 Å². The number of carbonyl (C=O) groups is 2. The molecule has 1 N–H and O–H groups in total. The molecule has 0 aliphatic rings. The molecule has 0 aromatic heterocycles. The first kappa shape index (κ1) is 26.6. The van der Waals surface area contributed by atoms with Gasteiger partial charge in [0.1, 0.15) is 0 Å². The number of hydrogen-bond acceptors (Lipinski definition) is 5. The second kappa shape index (κ2) is 12.1. The summed E-state index contributed by atoms with van der Waals surface area (Å²) in [6.07, 6.45) is 0.137. The van der Waals surface area contributed by atoms with Crippen LogP contribution < -0.4 is 5.32 Å². The van der Waals surface area contributed by atoms with Crippen LogP contribution >= 0.6 is 15.9 Å². The van der Waals surface area contributed by atoms with Crippen LogP contribution in [0, 0.1) is 6.92 Å². The van der Waals surface area contributed by atoms with Gasteiger partial charge in [-0.1, -0.05) is 57.9 Å². The number of anilines is 1. The van der Waals surface area contributed by atoms with Gasteiger partial charge in [-0.05, 0) is 61.4 Å². The predicted molar refractivity (Wildman–Crippen MR) is 138 cm³/mol. The van der Waals surface area contributed by atoms with Crippen LogP contribution in [0.25, 0.3) is 0 Å². The van der Waals surface area contributed by atoms with Crippen molar-refractivity contribution in [2.75, 3.05) is 18.5 Å². The smallest absolute Gasteiger partial charge is 0.310 e.